The summed E-state index contributed by atoms with van der Waals surface area (Å²) in [5.74, 6) is 0.780. The molecule has 2 atom stereocenters. The second kappa shape index (κ2) is 6.02. The van der Waals surface area contributed by atoms with Gasteiger partial charge in [0, 0.05) is 6.54 Å². The van der Waals surface area contributed by atoms with Gasteiger partial charge in [0.15, 0.2) is 0 Å². The Kier molecular flexibility index (Phi) is 4.59. The van der Waals surface area contributed by atoms with Crippen LogP contribution in [0.5, 0.6) is 0 Å². The van der Waals surface area contributed by atoms with E-state index in [0.717, 1.165) is 19.3 Å². The van der Waals surface area contributed by atoms with E-state index in [0.29, 0.717) is 30.6 Å². The van der Waals surface area contributed by atoms with Gasteiger partial charge in [-0.25, -0.2) is 13.1 Å². The Morgan fingerprint density at radius 2 is 2.11 bits per heavy atom. The number of aromatic amines is 1. The number of aromatic nitrogens is 2. The average Bonchev–Trinajstić information content (AvgIpc) is 2.84. The normalized spacial score (nSPS) is 24.5. The summed E-state index contributed by atoms with van der Waals surface area (Å²) >= 11 is 0. The van der Waals surface area contributed by atoms with Crippen LogP contribution in [0.2, 0.25) is 0 Å². The molecule has 0 bridgehead atoms. The van der Waals surface area contributed by atoms with Crippen LogP contribution >= 0.6 is 0 Å². The van der Waals surface area contributed by atoms with Gasteiger partial charge in [-0.05, 0) is 38.1 Å². The van der Waals surface area contributed by atoms with Crippen molar-refractivity contribution < 1.29 is 8.42 Å². The van der Waals surface area contributed by atoms with Crippen LogP contribution in [0.15, 0.2) is 11.1 Å². The molecule has 1 aromatic heterocycles. The smallest absolute Gasteiger partial charge is 0.243 e. The van der Waals surface area contributed by atoms with Gasteiger partial charge in [-0.1, -0.05) is 12.8 Å². The Bertz CT molecular complexity index is 512. The molecule has 4 N–H and O–H groups in total. The molecular formula is C12H22N4O2S. The molecular weight excluding hydrogens is 264 g/mol. The van der Waals surface area contributed by atoms with Crippen LogP contribution in [0.4, 0.5) is 0 Å². The molecule has 1 heterocycles. The Morgan fingerprint density at radius 1 is 1.42 bits per heavy atom. The van der Waals surface area contributed by atoms with Gasteiger partial charge in [-0.3, -0.25) is 5.10 Å². The Balaban J connectivity index is 2.00. The molecule has 0 spiro atoms. The maximum atomic E-state index is 12.1. The zero-order valence-electron chi connectivity index (χ0n) is 11.2. The Labute approximate surface area is 114 Å². The zero-order chi connectivity index (χ0) is 13.9. The minimum atomic E-state index is -3.46. The maximum absolute atomic E-state index is 12.1. The van der Waals surface area contributed by atoms with Crippen LogP contribution in [0.1, 0.15) is 31.4 Å². The van der Waals surface area contributed by atoms with Crippen molar-refractivity contribution in [2.45, 2.75) is 37.5 Å². The van der Waals surface area contributed by atoms with Crippen molar-refractivity contribution in [2.24, 2.45) is 17.6 Å². The van der Waals surface area contributed by atoms with Crippen molar-refractivity contribution in [3.8, 4) is 0 Å². The van der Waals surface area contributed by atoms with Crippen molar-refractivity contribution in [3.63, 3.8) is 0 Å². The number of nitrogens with two attached hydrogens (primary N) is 1. The molecule has 1 aliphatic rings. The lowest BCUT2D eigenvalue weighted by molar-refractivity contribution is 0.244. The van der Waals surface area contributed by atoms with Gasteiger partial charge in [0.1, 0.15) is 4.90 Å². The van der Waals surface area contributed by atoms with Crippen molar-refractivity contribution in [3.05, 3.63) is 11.9 Å². The van der Waals surface area contributed by atoms with E-state index >= 15 is 0 Å². The van der Waals surface area contributed by atoms with Crippen molar-refractivity contribution in [1.29, 1.82) is 0 Å². The number of nitrogens with one attached hydrogen (secondary N) is 2. The molecule has 1 fully saturated rings. The second-order valence-corrected chi connectivity index (χ2v) is 6.99. The zero-order valence-corrected chi connectivity index (χ0v) is 12.0. The quantitative estimate of drug-likeness (QED) is 0.744. The summed E-state index contributed by atoms with van der Waals surface area (Å²) in [6, 6.07) is 0. The van der Waals surface area contributed by atoms with Crippen LogP contribution in [0.3, 0.4) is 0 Å². The second-order valence-electron chi connectivity index (χ2n) is 5.25. The molecule has 2 rings (SSSR count). The number of sulfonamides is 1. The van der Waals surface area contributed by atoms with E-state index in [1.54, 1.807) is 6.92 Å². The fourth-order valence-corrected chi connectivity index (χ4v) is 4.00. The van der Waals surface area contributed by atoms with Gasteiger partial charge in [-0.2, -0.15) is 5.10 Å². The first kappa shape index (κ1) is 14.5. The Morgan fingerprint density at radius 3 is 2.68 bits per heavy atom. The fourth-order valence-electron chi connectivity index (χ4n) is 2.77. The molecule has 0 radical (unpaired) electrons. The summed E-state index contributed by atoms with van der Waals surface area (Å²) in [4.78, 5) is 0.229. The predicted octanol–water partition coefficient (Wildman–Crippen LogP) is 0.762. The number of rotatable bonds is 5. The van der Waals surface area contributed by atoms with E-state index < -0.39 is 10.0 Å². The molecule has 1 aromatic rings. The van der Waals surface area contributed by atoms with Crippen LogP contribution in [-0.4, -0.2) is 31.7 Å². The van der Waals surface area contributed by atoms with E-state index in [-0.39, 0.29) is 4.90 Å². The molecule has 108 valence electrons. The van der Waals surface area contributed by atoms with Gasteiger partial charge < -0.3 is 5.73 Å². The third kappa shape index (κ3) is 3.34. The molecule has 1 saturated carbocycles. The van der Waals surface area contributed by atoms with Gasteiger partial charge in [0.25, 0.3) is 0 Å². The van der Waals surface area contributed by atoms with Crippen molar-refractivity contribution in [1.82, 2.24) is 14.9 Å². The first-order valence-corrected chi connectivity index (χ1v) is 8.22. The minimum absolute atomic E-state index is 0.229. The molecule has 6 nitrogen and oxygen atoms in total. The van der Waals surface area contributed by atoms with E-state index in [1.165, 1.54) is 12.6 Å². The number of H-pyrrole nitrogens is 1. The van der Waals surface area contributed by atoms with E-state index in [9.17, 15) is 8.42 Å². The third-order valence-corrected chi connectivity index (χ3v) is 5.52. The number of nitrogens with zero attached hydrogens (tertiary/aromatic N) is 1. The summed E-state index contributed by atoms with van der Waals surface area (Å²) in [5, 5.41) is 6.39. The molecule has 19 heavy (non-hydrogen) atoms. The summed E-state index contributed by atoms with van der Waals surface area (Å²) in [5.41, 5.74) is 6.32. The van der Waals surface area contributed by atoms with Gasteiger partial charge >= 0.3 is 0 Å². The van der Waals surface area contributed by atoms with Crippen LogP contribution in [0.25, 0.3) is 0 Å². The van der Waals surface area contributed by atoms with Crippen LogP contribution in [0, 0.1) is 18.8 Å². The van der Waals surface area contributed by atoms with Crippen LogP contribution < -0.4 is 10.5 Å². The monoisotopic (exact) mass is 286 g/mol. The van der Waals surface area contributed by atoms with Crippen molar-refractivity contribution >= 4 is 10.0 Å². The van der Waals surface area contributed by atoms with Gasteiger partial charge in [0.2, 0.25) is 10.0 Å². The van der Waals surface area contributed by atoms with E-state index in [2.05, 4.69) is 14.9 Å². The lowest BCUT2D eigenvalue weighted by Gasteiger charge is -2.30. The SMILES string of the molecule is Cc1[nH]ncc1S(=O)(=O)NCC1CCCCC1CN. The molecule has 0 amide bonds. The first-order valence-electron chi connectivity index (χ1n) is 6.74. The number of hydrogen-bond donors (Lipinski definition) is 3. The highest BCUT2D eigenvalue weighted by molar-refractivity contribution is 7.89. The molecule has 0 aliphatic heterocycles. The highest BCUT2D eigenvalue weighted by Gasteiger charge is 2.26. The van der Waals surface area contributed by atoms with Crippen molar-refractivity contribution in [2.75, 3.05) is 13.1 Å². The largest absolute Gasteiger partial charge is 0.330 e. The molecule has 7 heteroatoms. The van der Waals surface area contributed by atoms with Gasteiger partial charge in [-0.15, -0.1) is 0 Å². The van der Waals surface area contributed by atoms with Crippen LogP contribution in [-0.2, 0) is 10.0 Å². The topological polar surface area (TPSA) is 101 Å². The molecule has 1 aliphatic carbocycles. The summed E-state index contributed by atoms with van der Waals surface area (Å²) < 4.78 is 27.0. The Hall–Kier alpha value is -0.920. The highest BCUT2D eigenvalue weighted by Crippen LogP contribution is 2.29. The highest BCUT2D eigenvalue weighted by atomic mass is 32.2. The van der Waals surface area contributed by atoms with E-state index in [1.807, 2.05) is 0 Å². The summed E-state index contributed by atoms with van der Waals surface area (Å²) in [6.45, 7) is 2.80. The maximum Gasteiger partial charge on any atom is 0.243 e. The third-order valence-electron chi connectivity index (χ3n) is 3.98. The van der Waals surface area contributed by atoms with E-state index in [4.69, 9.17) is 5.73 Å². The number of hydrogen-bond acceptors (Lipinski definition) is 4. The minimum Gasteiger partial charge on any atom is -0.330 e. The summed E-state index contributed by atoms with van der Waals surface area (Å²) in [6.07, 6.45) is 5.86. The lowest BCUT2D eigenvalue weighted by Crippen LogP contribution is -2.37. The summed E-state index contributed by atoms with van der Waals surface area (Å²) in [7, 11) is -3.46. The predicted molar refractivity (Wildman–Crippen MR) is 73.0 cm³/mol. The lowest BCUT2D eigenvalue weighted by atomic mass is 9.79. The fraction of sp³-hybridized carbons (Fsp3) is 0.750. The number of aryl methyl sites for hydroxylation is 1. The standard InChI is InChI=1S/C12H22N4O2S/c1-9-12(8-14-16-9)19(17,18)15-7-11-5-3-2-4-10(11)6-13/h8,10-11,15H,2-7,13H2,1H3,(H,14,16). The molecule has 0 aromatic carbocycles. The molecule has 2 unspecified atom stereocenters. The first-order chi connectivity index (χ1) is 9.04. The molecule has 0 saturated heterocycles. The van der Waals surface area contributed by atoms with Gasteiger partial charge in [0.05, 0.1) is 11.9 Å². The average molecular weight is 286 g/mol.